The molecule has 7 heteroatoms. The van der Waals surface area contributed by atoms with Crippen molar-refractivity contribution in [1.82, 2.24) is 14.3 Å². The highest BCUT2D eigenvalue weighted by atomic mass is 32.1. The summed E-state index contributed by atoms with van der Waals surface area (Å²) in [6.07, 6.45) is 5.13. The topological polar surface area (TPSA) is 59.0 Å². The average Bonchev–Trinajstić information content (AvgIpc) is 3.16. The molecule has 0 saturated heterocycles. The molecule has 3 aromatic rings. The van der Waals surface area contributed by atoms with Crippen LogP contribution in [0.1, 0.15) is 15.4 Å². The molecular weight excluding hydrogens is 304 g/mol. The molecule has 0 saturated carbocycles. The van der Waals surface area contributed by atoms with Crippen LogP contribution in [0.25, 0.3) is 10.6 Å². The van der Waals surface area contributed by atoms with Crippen molar-refractivity contribution in [3.63, 3.8) is 0 Å². The molecular formula is C14H12N4OS2. The van der Waals surface area contributed by atoms with Crippen molar-refractivity contribution in [2.24, 2.45) is 0 Å². The van der Waals surface area contributed by atoms with Gasteiger partial charge in [0.1, 0.15) is 14.9 Å². The zero-order valence-corrected chi connectivity index (χ0v) is 13.1. The van der Waals surface area contributed by atoms with E-state index < -0.39 is 0 Å². The second-order valence-electron chi connectivity index (χ2n) is 4.39. The molecule has 5 nitrogen and oxygen atoms in total. The first-order valence-corrected chi connectivity index (χ1v) is 7.82. The van der Waals surface area contributed by atoms with Crippen LogP contribution in [0.3, 0.4) is 0 Å². The van der Waals surface area contributed by atoms with E-state index in [4.69, 9.17) is 0 Å². The minimum atomic E-state index is -0.0676. The molecule has 21 heavy (non-hydrogen) atoms. The maximum atomic E-state index is 12.4. The quantitative estimate of drug-likeness (QED) is 0.744. The van der Waals surface area contributed by atoms with Crippen molar-refractivity contribution in [3.8, 4) is 10.6 Å². The Kier molecular flexibility index (Phi) is 3.76. The maximum absolute atomic E-state index is 12.4. The molecule has 0 aliphatic carbocycles. The van der Waals surface area contributed by atoms with Crippen molar-refractivity contribution in [2.75, 3.05) is 11.9 Å². The van der Waals surface area contributed by atoms with E-state index in [1.165, 1.54) is 22.9 Å². The first-order valence-electron chi connectivity index (χ1n) is 6.23. The van der Waals surface area contributed by atoms with E-state index in [-0.39, 0.29) is 5.91 Å². The highest BCUT2D eigenvalue weighted by Crippen LogP contribution is 2.34. The Balaban J connectivity index is 1.93. The largest absolute Gasteiger partial charge is 0.300 e. The van der Waals surface area contributed by atoms with Gasteiger partial charge in [-0.3, -0.25) is 9.78 Å². The molecule has 0 atom stereocenters. The minimum Gasteiger partial charge on any atom is -0.300 e. The van der Waals surface area contributed by atoms with Crippen LogP contribution in [0.4, 0.5) is 5.00 Å². The standard InChI is InChI=1S/C14H12N4OS2/c1-9-14(18(2)13(19)11-5-7-16-21-11)20-12(17-9)10-4-3-6-15-8-10/h3-8H,1-2H3. The monoisotopic (exact) mass is 316 g/mol. The van der Waals surface area contributed by atoms with E-state index in [0.29, 0.717) is 4.88 Å². The first-order chi connectivity index (χ1) is 10.2. The number of carbonyl (C=O) groups is 1. The molecule has 0 aromatic carbocycles. The van der Waals surface area contributed by atoms with Gasteiger partial charge in [0.2, 0.25) is 0 Å². The van der Waals surface area contributed by atoms with Crippen LogP contribution in [0.5, 0.6) is 0 Å². The van der Waals surface area contributed by atoms with E-state index in [2.05, 4.69) is 14.3 Å². The molecule has 0 aliphatic heterocycles. The van der Waals surface area contributed by atoms with Crippen LogP contribution in [0.2, 0.25) is 0 Å². The molecule has 3 aromatic heterocycles. The smallest absolute Gasteiger partial charge is 0.270 e. The number of rotatable bonds is 3. The molecule has 0 spiro atoms. The number of pyridine rings is 1. The molecule has 0 fully saturated rings. The number of anilines is 1. The van der Waals surface area contributed by atoms with Gasteiger partial charge in [-0.15, -0.1) is 0 Å². The summed E-state index contributed by atoms with van der Waals surface area (Å²) in [4.78, 5) is 23.2. The Labute approximate surface area is 130 Å². The summed E-state index contributed by atoms with van der Waals surface area (Å²) in [6, 6.07) is 5.56. The number of aryl methyl sites for hydroxylation is 1. The lowest BCUT2D eigenvalue weighted by molar-refractivity contribution is 0.0997. The fourth-order valence-electron chi connectivity index (χ4n) is 1.90. The van der Waals surface area contributed by atoms with Crippen molar-refractivity contribution in [1.29, 1.82) is 0 Å². The second kappa shape index (κ2) is 5.71. The summed E-state index contributed by atoms with van der Waals surface area (Å²) in [6.45, 7) is 1.90. The second-order valence-corrected chi connectivity index (χ2v) is 6.20. The number of carbonyl (C=O) groups excluding carboxylic acids is 1. The van der Waals surface area contributed by atoms with Gasteiger partial charge in [0.25, 0.3) is 5.91 Å². The molecule has 0 aliphatic rings. The SMILES string of the molecule is Cc1nc(-c2cccnc2)sc1N(C)C(=O)c1ccns1. The van der Waals surface area contributed by atoms with E-state index in [9.17, 15) is 4.79 Å². The summed E-state index contributed by atoms with van der Waals surface area (Å²) >= 11 is 2.68. The third-order valence-electron chi connectivity index (χ3n) is 2.94. The Morgan fingerprint density at radius 1 is 1.29 bits per heavy atom. The van der Waals surface area contributed by atoms with Gasteiger partial charge in [-0.05, 0) is 36.7 Å². The van der Waals surface area contributed by atoms with Gasteiger partial charge in [0.05, 0.1) is 5.69 Å². The van der Waals surface area contributed by atoms with Crippen LogP contribution >= 0.6 is 22.9 Å². The van der Waals surface area contributed by atoms with Gasteiger partial charge in [0, 0.05) is 31.2 Å². The molecule has 0 N–H and O–H groups in total. The summed E-state index contributed by atoms with van der Waals surface area (Å²) in [5, 5.41) is 1.70. The predicted molar refractivity (Wildman–Crippen MR) is 84.9 cm³/mol. The third-order valence-corrected chi connectivity index (χ3v) is 4.96. The summed E-state index contributed by atoms with van der Waals surface area (Å²) in [7, 11) is 1.76. The maximum Gasteiger partial charge on any atom is 0.270 e. The van der Waals surface area contributed by atoms with Crippen LogP contribution in [0, 0.1) is 6.92 Å². The molecule has 0 bridgehead atoms. The van der Waals surface area contributed by atoms with Crippen LogP contribution in [-0.2, 0) is 0 Å². The van der Waals surface area contributed by atoms with Crippen molar-refractivity contribution < 1.29 is 4.79 Å². The molecule has 1 amide bonds. The molecule has 3 heterocycles. The Morgan fingerprint density at radius 2 is 2.14 bits per heavy atom. The zero-order valence-electron chi connectivity index (χ0n) is 11.5. The Bertz CT molecular complexity index is 753. The first kappa shape index (κ1) is 13.8. The summed E-state index contributed by atoms with van der Waals surface area (Å²) < 4.78 is 3.97. The number of thiazole rings is 1. The highest BCUT2D eigenvalue weighted by Gasteiger charge is 2.20. The Morgan fingerprint density at radius 3 is 2.81 bits per heavy atom. The minimum absolute atomic E-state index is 0.0676. The lowest BCUT2D eigenvalue weighted by Crippen LogP contribution is -2.25. The fraction of sp³-hybridized carbons (Fsp3) is 0.143. The third kappa shape index (κ3) is 2.70. The number of aromatic nitrogens is 3. The lowest BCUT2D eigenvalue weighted by atomic mass is 10.3. The molecule has 0 unspecified atom stereocenters. The van der Waals surface area contributed by atoms with Gasteiger partial charge in [-0.25, -0.2) is 9.36 Å². The molecule has 3 rings (SSSR count). The molecule has 106 valence electrons. The summed E-state index contributed by atoms with van der Waals surface area (Å²) in [5.41, 5.74) is 1.79. The fourth-order valence-corrected chi connectivity index (χ4v) is 3.49. The highest BCUT2D eigenvalue weighted by molar-refractivity contribution is 7.19. The van der Waals surface area contributed by atoms with E-state index in [0.717, 1.165) is 21.3 Å². The number of amides is 1. The van der Waals surface area contributed by atoms with Crippen LogP contribution in [0.15, 0.2) is 36.8 Å². The molecule has 0 radical (unpaired) electrons. The van der Waals surface area contributed by atoms with E-state index >= 15 is 0 Å². The predicted octanol–water partition coefficient (Wildman–Crippen LogP) is 3.25. The number of nitrogens with zero attached hydrogens (tertiary/aromatic N) is 4. The Hall–Kier alpha value is -2.12. The van der Waals surface area contributed by atoms with Crippen molar-refractivity contribution >= 4 is 33.8 Å². The normalized spacial score (nSPS) is 10.6. The van der Waals surface area contributed by atoms with Crippen molar-refractivity contribution in [3.05, 3.63) is 47.4 Å². The zero-order chi connectivity index (χ0) is 14.8. The van der Waals surface area contributed by atoms with Gasteiger partial charge in [-0.1, -0.05) is 11.3 Å². The number of hydrogen-bond acceptors (Lipinski definition) is 6. The number of hydrogen-bond donors (Lipinski definition) is 0. The lowest BCUT2D eigenvalue weighted by Gasteiger charge is -2.13. The van der Waals surface area contributed by atoms with E-state index in [1.807, 2.05) is 19.1 Å². The van der Waals surface area contributed by atoms with Gasteiger partial charge < -0.3 is 4.90 Å². The van der Waals surface area contributed by atoms with Gasteiger partial charge in [-0.2, -0.15) is 0 Å². The van der Waals surface area contributed by atoms with Crippen LogP contribution in [-0.4, -0.2) is 27.3 Å². The average molecular weight is 316 g/mol. The van der Waals surface area contributed by atoms with E-state index in [1.54, 1.807) is 36.6 Å². The van der Waals surface area contributed by atoms with Crippen molar-refractivity contribution in [2.45, 2.75) is 6.92 Å². The summed E-state index contributed by atoms with van der Waals surface area (Å²) in [5.74, 6) is -0.0676. The van der Waals surface area contributed by atoms with Gasteiger partial charge in [0.15, 0.2) is 0 Å². The van der Waals surface area contributed by atoms with Crippen LogP contribution < -0.4 is 4.90 Å². The van der Waals surface area contributed by atoms with Gasteiger partial charge >= 0.3 is 0 Å².